The molecule has 12 heteroatoms. The molecule has 1 aliphatic rings. The molecule has 3 unspecified atom stereocenters. The van der Waals surface area contributed by atoms with Crippen molar-refractivity contribution in [1.29, 1.82) is 0 Å². The number of aromatic nitrogens is 1. The summed E-state index contributed by atoms with van der Waals surface area (Å²) in [4.78, 5) is 18.4. The van der Waals surface area contributed by atoms with Gasteiger partial charge in [0.15, 0.2) is 5.72 Å². The van der Waals surface area contributed by atoms with Gasteiger partial charge in [-0.25, -0.2) is 9.17 Å². The number of rotatable bonds is 8. The van der Waals surface area contributed by atoms with Crippen LogP contribution in [0.4, 0.5) is 19.0 Å². The molecule has 4 N–H and O–H groups in total. The van der Waals surface area contributed by atoms with E-state index in [1.165, 1.54) is 13.0 Å². The minimum Gasteiger partial charge on any atom is -0.356 e. The highest BCUT2D eigenvalue weighted by molar-refractivity contribution is 7.74. The third-order valence-corrected chi connectivity index (χ3v) is 6.22. The first-order valence-electron chi connectivity index (χ1n) is 10.7. The summed E-state index contributed by atoms with van der Waals surface area (Å²) >= 11 is -2.55. The van der Waals surface area contributed by atoms with Crippen molar-refractivity contribution >= 4 is 23.1 Å². The van der Waals surface area contributed by atoms with Crippen LogP contribution in [0, 0.1) is 0 Å². The first-order chi connectivity index (χ1) is 15.9. The minimum absolute atomic E-state index is 0.0370. The van der Waals surface area contributed by atoms with E-state index in [2.05, 4.69) is 10.3 Å². The van der Waals surface area contributed by atoms with Gasteiger partial charge in [0.1, 0.15) is 11.5 Å². The Balaban J connectivity index is 1.71. The fourth-order valence-electron chi connectivity index (χ4n) is 3.76. The second-order valence-corrected chi connectivity index (χ2v) is 8.94. The number of nitrogens with two attached hydrogens (primary N) is 1. The molecule has 1 saturated heterocycles. The first-order valence-corrected chi connectivity index (χ1v) is 11.7. The molecule has 8 nitrogen and oxygen atoms in total. The molecule has 3 rings (SSSR count). The predicted octanol–water partition coefficient (Wildman–Crippen LogP) is 3.41. The van der Waals surface area contributed by atoms with E-state index < -0.39 is 34.9 Å². The third kappa shape index (κ3) is 6.32. The second kappa shape index (κ2) is 10.4. The van der Waals surface area contributed by atoms with Gasteiger partial charge in [0.25, 0.3) is 0 Å². The summed E-state index contributed by atoms with van der Waals surface area (Å²) in [6.07, 6.45) is -2.80. The number of nitrogens with zero attached hydrogens (tertiary/aromatic N) is 2. The Kier molecular flexibility index (Phi) is 7.96. The molecule has 1 aliphatic heterocycles. The highest BCUT2D eigenvalue weighted by atomic mass is 32.2. The van der Waals surface area contributed by atoms with Gasteiger partial charge in [0.2, 0.25) is 5.91 Å². The number of alkyl halides is 3. The number of carbonyl (C=O) groups is 1. The summed E-state index contributed by atoms with van der Waals surface area (Å²) in [6.45, 7) is 4.40. The summed E-state index contributed by atoms with van der Waals surface area (Å²) in [7, 11) is 0. The summed E-state index contributed by atoms with van der Waals surface area (Å²) in [6, 6.07) is 8.78. The first kappa shape index (κ1) is 26.1. The van der Waals surface area contributed by atoms with Gasteiger partial charge in [0, 0.05) is 25.2 Å². The lowest BCUT2D eigenvalue weighted by molar-refractivity contribution is -0.141. The average molecular weight is 501 g/mol. The molecule has 1 amide bonds. The van der Waals surface area contributed by atoms with Crippen LogP contribution < -0.4 is 16.0 Å². The second-order valence-electron chi connectivity index (χ2n) is 8.34. The maximum Gasteiger partial charge on any atom is 0.433 e. The monoisotopic (exact) mass is 500 g/mol. The number of hydrogen-bond acceptors (Lipinski definition) is 6. The fraction of sp³-hybridized carbons (Fsp3) is 0.455. The summed E-state index contributed by atoms with van der Waals surface area (Å²) in [5.74, 6) is -0.639. The van der Waals surface area contributed by atoms with Crippen molar-refractivity contribution in [2.24, 2.45) is 5.73 Å². The smallest absolute Gasteiger partial charge is 0.356 e. The number of nitrogens with one attached hydrogen (secondary N) is 1. The molecule has 2 aromatic rings. The van der Waals surface area contributed by atoms with Crippen molar-refractivity contribution in [3.8, 4) is 0 Å². The van der Waals surface area contributed by atoms with Crippen LogP contribution in [-0.4, -0.2) is 32.7 Å². The maximum absolute atomic E-state index is 13.2. The van der Waals surface area contributed by atoms with E-state index in [0.717, 1.165) is 18.9 Å². The van der Waals surface area contributed by atoms with Gasteiger partial charge in [-0.3, -0.25) is 15.1 Å². The Morgan fingerprint density at radius 2 is 1.85 bits per heavy atom. The van der Waals surface area contributed by atoms with Gasteiger partial charge in [-0.1, -0.05) is 30.3 Å². The number of anilines is 1. The standard InChI is InChI=1S/C22H27F3N4O4S/c1-14(15-5-8-17(9-6-15)21(2,26)33-34(31)32)20(30)27-13-16-7-10-18(22(23,24)25)28-19(16)29-11-3-4-12-29/h5-10,14H,3-4,11-13,26H2,1-2H3,(H,27,30)(H,31,32). The molecule has 0 spiro atoms. The van der Waals surface area contributed by atoms with Crippen LogP contribution >= 0.6 is 0 Å². The number of pyridine rings is 1. The topological polar surface area (TPSA) is 118 Å². The molecular formula is C22H27F3N4O4S. The molecule has 0 saturated carbocycles. The molecule has 3 atom stereocenters. The number of amides is 1. The highest BCUT2D eigenvalue weighted by Gasteiger charge is 2.34. The van der Waals surface area contributed by atoms with E-state index >= 15 is 0 Å². The Labute approximate surface area is 198 Å². The van der Waals surface area contributed by atoms with Crippen LogP contribution in [0.3, 0.4) is 0 Å². The summed E-state index contributed by atoms with van der Waals surface area (Å²) in [5, 5.41) is 2.78. The number of carbonyl (C=O) groups excluding carboxylic acids is 1. The summed E-state index contributed by atoms with van der Waals surface area (Å²) < 4.78 is 64.1. The van der Waals surface area contributed by atoms with Crippen molar-refractivity contribution in [2.75, 3.05) is 18.0 Å². The molecule has 1 fully saturated rings. The SMILES string of the molecule is CC(C(=O)NCc1ccc(C(F)(F)F)nc1N1CCCC1)c1ccc(C(C)(N)OS(=O)O)cc1. The van der Waals surface area contributed by atoms with Crippen molar-refractivity contribution in [3.63, 3.8) is 0 Å². The zero-order valence-corrected chi connectivity index (χ0v) is 19.6. The van der Waals surface area contributed by atoms with Crippen LogP contribution in [0.2, 0.25) is 0 Å². The normalized spacial score (nSPS) is 17.8. The number of benzene rings is 1. The Morgan fingerprint density at radius 1 is 1.24 bits per heavy atom. The Hall–Kier alpha value is -2.54. The molecule has 0 aliphatic carbocycles. The lowest BCUT2D eigenvalue weighted by Gasteiger charge is -2.23. The van der Waals surface area contributed by atoms with Gasteiger partial charge >= 0.3 is 17.5 Å². The van der Waals surface area contributed by atoms with E-state index in [9.17, 15) is 22.2 Å². The van der Waals surface area contributed by atoms with Gasteiger partial charge in [-0.05, 0) is 43.9 Å². The zero-order chi connectivity index (χ0) is 25.1. The van der Waals surface area contributed by atoms with Crippen molar-refractivity contribution in [1.82, 2.24) is 10.3 Å². The van der Waals surface area contributed by atoms with Gasteiger partial charge in [0.05, 0.1) is 5.92 Å². The van der Waals surface area contributed by atoms with E-state index in [0.29, 0.717) is 29.8 Å². The Bertz CT molecular complexity index is 1040. The molecule has 1 aromatic heterocycles. The van der Waals surface area contributed by atoms with Crippen LogP contribution in [0.15, 0.2) is 36.4 Å². The lowest BCUT2D eigenvalue weighted by Crippen LogP contribution is -2.36. The summed E-state index contributed by atoms with van der Waals surface area (Å²) in [5.41, 5.74) is 5.07. The predicted molar refractivity (Wildman–Crippen MR) is 121 cm³/mol. The molecular weight excluding hydrogens is 473 g/mol. The quantitative estimate of drug-likeness (QED) is 0.376. The molecule has 0 bridgehead atoms. The molecule has 0 radical (unpaired) electrons. The van der Waals surface area contributed by atoms with E-state index in [-0.39, 0.29) is 18.3 Å². The highest BCUT2D eigenvalue weighted by Crippen LogP contribution is 2.32. The van der Waals surface area contributed by atoms with Crippen LogP contribution in [0.1, 0.15) is 55.0 Å². The Morgan fingerprint density at radius 3 is 2.41 bits per heavy atom. The fourth-order valence-corrected chi connectivity index (χ4v) is 4.15. The number of hydrogen-bond donors (Lipinski definition) is 3. The van der Waals surface area contributed by atoms with Crippen LogP contribution in [0.5, 0.6) is 0 Å². The van der Waals surface area contributed by atoms with Crippen LogP contribution in [-0.2, 0) is 38.8 Å². The average Bonchev–Trinajstić information content (AvgIpc) is 3.30. The van der Waals surface area contributed by atoms with E-state index in [1.54, 1.807) is 31.2 Å². The number of halogens is 3. The van der Waals surface area contributed by atoms with Crippen LogP contribution in [0.25, 0.3) is 0 Å². The van der Waals surface area contributed by atoms with Crippen molar-refractivity contribution < 1.29 is 30.9 Å². The largest absolute Gasteiger partial charge is 0.433 e. The molecule has 186 valence electrons. The van der Waals surface area contributed by atoms with E-state index in [1.807, 2.05) is 4.90 Å². The molecule has 1 aromatic carbocycles. The molecule has 34 heavy (non-hydrogen) atoms. The zero-order valence-electron chi connectivity index (χ0n) is 18.8. The minimum atomic E-state index is -4.55. The van der Waals surface area contributed by atoms with Crippen molar-refractivity contribution in [2.45, 2.75) is 51.1 Å². The third-order valence-electron chi connectivity index (χ3n) is 5.73. The van der Waals surface area contributed by atoms with Crippen molar-refractivity contribution in [3.05, 3.63) is 58.8 Å². The lowest BCUT2D eigenvalue weighted by atomic mass is 9.96. The van der Waals surface area contributed by atoms with Gasteiger partial charge in [-0.15, -0.1) is 0 Å². The maximum atomic E-state index is 13.2. The van der Waals surface area contributed by atoms with E-state index in [4.69, 9.17) is 14.5 Å². The van der Waals surface area contributed by atoms with Gasteiger partial charge in [-0.2, -0.15) is 17.4 Å². The molecule has 2 heterocycles. The van der Waals surface area contributed by atoms with Gasteiger partial charge < -0.3 is 10.2 Å².